The lowest BCUT2D eigenvalue weighted by Crippen LogP contribution is -2.30. The van der Waals surface area contributed by atoms with Crippen molar-refractivity contribution in [3.05, 3.63) is 158 Å². The zero-order valence-corrected chi connectivity index (χ0v) is 49.4. The molecular formula is C71H112O6. The summed E-state index contributed by atoms with van der Waals surface area (Å²) >= 11 is 0. The third-order valence-corrected chi connectivity index (χ3v) is 12.5. The molecule has 0 saturated carbocycles. The first kappa shape index (κ1) is 72.0. The highest BCUT2D eigenvalue weighted by atomic mass is 16.6. The SMILES string of the molecule is CC/C=C\C/C=C\C/C=C\C/C=C\C/C=C\C/C=C\C/C=C\CCCCCC(=O)OCC(COC(=O)CCCCC/C=C\C/C=C\C/C=C\CC)OC(=O)CCCCCCCC/C=C\C/C=C\C/C=C\CCCCCCC. The van der Waals surface area contributed by atoms with E-state index in [9.17, 15) is 14.4 Å². The molecule has 432 valence electrons. The van der Waals surface area contributed by atoms with Crippen molar-refractivity contribution < 1.29 is 28.6 Å². The Balaban J connectivity index is 4.50. The minimum atomic E-state index is -0.821. The normalized spacial score (nSPS) is 13.2. The molecule has 77 heavy (non-hydrogen) atoms. The van der Waals surface area contributed by atoms with Crippen molar-refractivity contribution in [1.82, 2.24) is 0 Å². The molecule has 0 bridgehead atoms. The number of carbonyl (C=O) groups excluding carboxylic acids is 3. The summed E-state index contributed by atoms with van der Waals surface area (Å²) in [6, 6.07) is 0. The van der Waals surface area contributed by atoms with Crippen LogP contribution in [0.1, 0.15) is 252 Å². The fourth-order valence-electron chi connectivity index (χ4n) is 7.91. The summed E-state index contributed by atoms with van der Waals surface area (Å²) in [5.41, 5.74) is 0. The largest absolute Gasteiger partial charge is 0.462 e. The molecule has 0 rings (SSSR count). The van der Waals surface area contributed by atoms with Crippen LogP contribution < -0.4 is 0 Å². The molecule has 6 nitrogen and oxygen atoms in total. The van der Waals surface area contributed by atoms with Gasteiger partial charge in [0.2, 0.25) is 0 Å². The minimum absolute atomic E-state index is 0.116. The van der Waals surface area contributed by atoms with E-state index in [0.717, 1.165) is 161 Å². The number of esters is 3. The van der Waals surface area contributed by atoms with Crippen LogP contribution in [-0.2, 0) is 28.6 Å². The number of hydrogen-bond donors (Lipinski definition) is 0. The molecule has 1 atom stereocenters. The topological polar surface area (TPSA) is 78.9 Å². The van der Waals surface area contributed by atoms with Crippen molar-refractivity contribution in [3.8, 4) is 0 Å². The minimum Gasteiger partial charge on any atom is -0.462 e. The zero-order valence-electron chi connectivity index (χ0n) is 49.4. The summed E-state index contributed by atoms with van der Waals surface area (Å²) in [4.78, 5) is 38.3. The zero-order chi connectivity index (χ0) is 55.7. The maximum Gasteiger partial charge on any atom is 0.306 e. The van der Waals surface area contributed by atoms with Crippen molar-refractivity contribution in [2.75, 3.05) is 13.2 Å². The highest BCUT2D eigenvalue weighted by Crippen LogP contribution is 2.13. The van der Waals surface area contributed by atoms with Crippen molar-refractivity contribution in [2.45, 2.75) is 258 Å². The summed E-state index contributed by atoms with van der Waals surface area (Å²) in [6.07, 6.45) is 92.4. The van der Waals surface area contributed by atoms with Crippen LogP contribution >= 0.6 is 0 Å². The van der Waals surface area contributed by atoms with Crippen LogP contribution in [0, 0.1) is 0 Å². The second-order valence-electron chi connectivity index (χ2n) is 19.8. The Hall–Kier alpha value is -4.97. The number of carbonyl (C=O) groups is 3. The van der Waals surface area contributed by atoms with Crippen LogP contribution in [0.5, 0.6) is 0 Å². The highest BCUT2D eigenvalue weighted by Gasteiger charge is 2.19. The number of ether oxygens (including phenoxy) is 3. The average molecular weight is 1060 g/mol. The first-order chi connectivity index (χ1) is 38.0. The number of hydrogen-bond acceptors (Lipinski definition) is 6. The second-order valence-corrected chi connectivity index (χ2v) is 19.8. The lowest BCUT2D eigenvalue weighted by atomic mass is 10.1. The van der Waals surface area contributed by atoms with Gasteiger partial charge in [0, 0.05) is 19.3 Å². The third-order valence-electron chi connectivity index (χ3n) is 12.5. The molecule has 1 unspecified atom stereocenters. The Kier molecular flexibility index (Phi) is 59.5. The monoisotopic (exact) mass is 1060 g/mol. The molecule has 0 aliphatic carbocycles. The molecule has 0 aliphatic heterocycles. The van der Waals surface area contributed by atoms with Crippen molar-refractivity contribution in [1.29, 1.82) is 0 Å². The van der Waals surface area contributed by atoms with Crippen LogP contribution in [0.15, 0.2) is 158 Å². The molecule has 0 N–H and O–H groups in total. The van der Waals surface area contributed by atoms with Gasteiger partial charge in [0.25, 0.3) is 0 Å². The Morgan fingerprint density at radius 1 is 0.273 bits per heavy atom. The summed E-state index contributed by atoms with van der Waals surface area (Å²) < 4.78 is 16.8. The third kappa shape index (κ3) is 61.8. The van der Waals surface area contributed by atoms with Crippen molar-refractivity contribution in [3.63, 3.8) is 0 Å². The molecule has 0 amide bonds. The van der Waals surface area contributed by atoms with E-state index in [1.807, 2.05) is 0 Å². The molecule has 0 saturated heterocycles. The van der Waals surface area contributed by atoms with Crippen LogP contribution in [0.4, 0.5) is 0 Å². The fraction of sp³-hybridized carbons (Fsp3) is 0.592. The van der Waals surface area contributed by atoms with Gasteiger partial charge in [0.05, 0.1) is 0 Å². The molecule has 0 aliphatic rings. The maximum absolute atomic E-state index is 12.9. The van der Waals surface area contributed by atoms with E-state index in [0.29, 0.717) is 19.3 Å². The van der Waals surface area contributed by atoms with E-state index < -0.39 is 6.10 Å². The van der Waals surface area contributed by atoms with Crippen LogP contribution in [0.2, 0.25) is 0 Å². The summed E-state index contributed by atoms with van der Waals surface area (Å²) in [5.74, 6) is -0.995. The Labute approximate surface area is 473 Å². The number of rotatable bonds is 54. The molecule has 0 heterocycles. The predicted molar refractivity (Wildman–Crippen MR) is 334 cm³/mol. The van der Waals surface area contributed by atoms with E-state index in [-0.39, 0.29) is 31.1 Å². The Morgan fingerprint density at radius 2 is 0.506 bits per heavy atom. The predicted octanol–water partition coefficient (Wildman–Crippen LogP) is 21.3. The lowest BCUT2D eigenvalue weighted by Gasteiger charge is -2.18. The van der Waals surface area contributed by atoms with Gasteiger partial charge >= 0.3 is 17.9 Å². The van der Waals surface area contributed by atoms with Crippen LogP contribution in [0.3, 0.4) is 0 Å². The molecule has 0 aromatic rings. The number of unbranched alkanes of at least 4 members (excludes halogenated alkanes) is 17. The molecule has 0 radical (unpaired) electrons. The van der Waals surface area contributed by atoms with Gasteiger partial charge < -0.3 is 14.2 Å². The van der Waals surface area contributed by atoms with Crippen molar-refractivity contribution in [2.24, 2.45) is 0 Å². The molecule has 6 heteroatoms. The molecular weight excluding hydrogens is 949 g/mol. The van der Waals surface area contributed by atoms with Gasteiger partial charge in [-0.1, -0.05) is 243 Å². The Morgan fingerprint density at radius 3 is 0.805 bits per heavy atom. The lowest BCUT2D eigenvalue weighted by molar-refractivity contribution is -0.167. The van der Waals surface area contributed by atoms with Crippen LogP contribution in [-0.4, -0.2) is 37.2 Å². The summed E-state index contributed by atoms with van der Waals surface area (Å²) in [6.45, 7) is 6.33. The summed E-state index contributed by atoms with van der Waals surface area (Å²) in [5, 5.41) is 0. The van der Waals surface area contributed by atoms with E-state index in [1.54, 1.807) is 0 Å². The highest BCUT2D eigenvalue weighted by molar-refractivity contribution is 5.71. The van der Waals surface area contributed by atoms with Gasteiger partial charge in [0.15, 0.2) is 6.10 Å². The van der Waals surface area contributed by atoms with Gasteiger partial charge in [-0.15, -0.1) is 0 Å². The van der Waals surface area contributed by atoms with E-state index in [1.165, 1.54) is 51.4 Å². The summed E-state index contributed by atoms with van der Waals surface area (Å²) in [7, 11) is 0. The molecule has 0 aromatic heterocycles. The van der Waals surface area contributed by atoms with Gasteiger partial charge in [-0.25, -0.2) is 0 Å². The van der Waals surface area contributed by atoms with Gasteiger partial charge in [-0.2, -0.15) is 0 Å². The van der Waals surface area contributed by atoms with Crippen LogP contribution in [0.25, 0.3) is 0 Å². The maximum atomic E-state index is 12.9. The Bertz CT molecular complexity index is 1740. The number of allylic oxidation sites excluding steroid dienone is 26. The second kappa shape index (κ2) is 63.6. The van der Waals surface area contributed by atoms with E-state index in [2.05, 4.69) is 179 Å². The van der Waals surface area contributed by atoms with Gasteiger partial charge in [0.1, 0.15) is 13.2 Å². The fourth-order valence-corrected chi connectivity index (χ4v) is 7.91. The van der Waals surface area contributed by atoms with Gasteiger partial charge in [-0.05, 0) is 148 Å². The first-order valence-electron chi connectivity index (χ1n) is 31.0. The molecule has 0 spiro atoms. The standard InChI is InChI=1S/C71H112O6/c1-4-7-10-13-16-19-22-25-27-29-31-33-34-35-36-38-39-41-43-46-49-52-55-58-61-64-70(73)76-67-68(66-75-69(72)63-60-57-54-51-48-45-24-21-18-15-12-9-6-3)77-71(74)65-62-59-56-53-50-47-44-42-40-37-32-30-28-26-23-20-17-14-11-8-5-2/h7,9-10,12,16,18-19,21,23,25-27,30-33,35-36,39-42,45-46,48-49,68H,4-6,8,11,13-15,17,20,22,24,28-29,34,37-38,43-44,47,50-67H2,1-3H3/b10-7-,12-9-,19-16-,21-18-,26-23-,27-25-,32-30-,33-31-,36-35-,41-39-,42-40-,48-45-,49-46-. The molecule has 0 aromatic carbocycles. The quantitative estimate of drug-likeness (QED) is 0.0261. The van der Waals surface area contributed by atoms with E-state index >= 15 is 0 Å². The average Bonchev–Trinajstić information content (AvgIpc) is 3.43. The van der Waals surface area contributed by atoms with E-state index in [4.69, 9.17) is 14.2 Å². The van der Waals surface area contributed by atoms with Crippen molar-refractivity contribution >= 4 is 17.9 Å². The smallest absolute Gasteiger partial charge is 0.306 e. The first-order valence-corrected chi connectivity index (χ1v) is 31.0. The van der Waals surface area contributed by atoms with Gasteiger partial charge in [-0.3, -0.25) is 14.4 Å². The molecule has 0 fully saturated rings.